The smallest absolute Gasteiger partial charge is 0.354 e. The van der Waals surface area contributed by atoms with E-state index in [1.165, 1.54) is 24.7 Å². The number of halogens is 4. The fourth-order valence-corrected chi connectivity index (χ4v) is 4.91. The predicted molar refractivity (Wildman–Crippen MR) is 119 cm³/mol. The van der Waals surface area contributed by atoms with Gasteiger partial charge >= 0.3 is 15.5 Å². The van der Waals surface area contributed by atoms with E-state index in [9.17, 15) is 26.4 Å². The van der Waals surface area contributed by atoms with Gasteiger partial charge in [-0.1, -0.05) is 11.6 Å². The van der Waals surface area contributed by atoms with Crippen molar-refractivity contribution in [2.75, 3.05) is 17.9 Å². The lowest BCUT2D eigenvalue weighted by molar-refractivity contribution is -0.0438. The van der Waals surface area contributed by atoms with Gasteiger partial charge in [-0.3, -0.25) is 9.10 Å². The number of rotatable bonds is 6. The van der Waals surface area contributed by atoms with Crippen molar-refractivity contribution < 1.29 is 26.4 Å². The number of alkyl halides is 3. The molecular formula is C21H20ClF3N4O3S. The Morgan fingerprint density at radius 1 is 1.24 bits per heavy atom. The fraction of sp³-hybridized carbons (Fsp3) is 0.333. The van der Waals surface area contributed by atoms with Gasteiger partial charge in [0.1, 0.15) is 5.69 Å². The highest BCUT2D eigenvalue weighted by atomic mass is 35.5. The van der Waals surface area contributed by atoms with Crippen LogP contribution < -0.4 is 9.62 Å². The normalized spacial score (nSPS) is 14.5. The van der Waals surface area contributed by atoms with E-state index in [0.717, 1.165) is 0 Å². The summed E-state index contributed by atoms with van der Waals surface area (Å²) >= 11 is 5.96. The molecule has 0 aliphatic heterocycles. The van der Waals surface area contributed by atoms with Gasteiger partial charge in [0, 0.05) is 24.0 Å². The first kappa shape index (κ1) is 23.4. The molecule has 1 aliphatic rings. The van der Waals surface area contributed by atoms with Crippen molar-refractivity contribution in [2.45, 2.75) is 31.2 Å². The lowest BCUT2D eigenvalue weighted by atomic mass is 10.0. The minimum Gasteiger partial charge on any atom is -0.354 e. The van der Waals surface area contributed by atoms with E-state index in [0.29, 0.717) is 38.8 Å². The predicted octanol–water partition coefficient (Wildman–Crippen LogP) is 4.59. The third kappa shape index (κ3) is 4.04. The molecule has 0 saturated heterocycles. The molecule has 0 radical (unpaired) electrons. The molecule has 0 bridgehead atoms. The minimum absolute atomic E-state index is 0.0750. The van der Waals surface area contributed by atoms with Crippen LogP contribution >= 0.6 is 11.6 Å². The van der Waals surface area contributed by atoms with Crippen molar-refractivity contribution in [1.82, 2.24) is 15.1 Å². The van der Waals surface area contributed by atoms with Crippen LogP contribution in [0.25, 0.3) is 16.6 Å². The van der Waals surface area contributed by atoms with E-state index in [1.54, 1.807) is 30.3 Å². The lowest BCUT2D eigenvalue weighted by Gasteiger charge is -2.26. The SMILES string of the molecule is CCN(c1cc2nn(-c3ccc(Cl)cc3)c(C(=O)NC)c2cc1C1CC1)S(=O)(=O)C(F)(F)F. The average Bonchev–Trinajstić information content (AvgIpc) is 3.53. The van der Waals surface area contributed by atoms with Gasteiger partial charge in [-0.25, -0.2) is 4.68 Å². The molecule has 0 spiro atoms. The van der Waals surface area contributed by atoms with Crippen LogP contribution in [-0.4, -0.2) is 43.2 Å². The molecule has 1 N–H and O–H groups in total. The molecule has 2 aromatic carbocycles. The van der Waals surface area contributed by atoms with Crippen molar-refractivity contribution in [3.05, 3.63) is 52.7 Å². The van der Waals surface area contributed by atoms with Crippen molar-refractivity contribution >= 4 is 44.1 Å². The van der Waals surface area contributed by atoms with E-state index in [1.807, 2.05) is 0 Å². The Balaban J connectivity index is 2.00. The molecular weight excluding hydrogens is 481 g/mol. The Morgan fingerprint density at radius 2 is 1.88 bits per heavy atom. The largest absolute Gasteiger partial charge is 0.516 e. The molecule has 7 nitrogen and oxygen atoms in total. The van der Waals surface area contributed by atoms with E-state index in [2.05, 4.69) is 10.4 Å². The summed E-state index contributed by atoms with van der Waals surface area (Å²) in [6.45, 7) is 0.930. The minimum atomic E-state index is -5.61. The number of carbonyl (C=O) groups is 1. The number of amides is 1. The van der Waals surface area contributed by atoms with Gasteiger partial charge in [0.05, 0.1) is 16.9 Å². The number of aromatic nitrogens is 2. The van der Waals surface area contributed by atoms with Crippen LogP contribution in [0.4, 0.5) is 18.9 Å². The van der Waals surface area contributed by atoms with Crippen LogP contribution in [0, 0.1) is 0 Å². The van der Waals surface area contributed by atoms with Gasteiger partial charge in [0.25, 0.3) is 5.91 Å². The second-order valence-corrected chi connectivity index (χ2v) is 9.92. The average molecular weight is 501 g/mol. The third-order valence-corrected chi connectivity index (χ3v) is 7.36. The Bertz CT molecular complexity index is 1330. The molecule has 33 heavy (non-hydrogen) atoms. The molecule has 1 saturated carbocycles. The quantitative estimate of drug-likeness (QED) is 0.536. The first-order valence-corrected chi connectivity index (χ1v) is 11.9. The Kier molecular flexibility index (Phi) is 5.81. The van der Waals surface area contributed by atoms with Gasteiger partial charge in [0.2, 0.25) is 0 Å². The van der Waals surface area contributed by atoms with E-state index in [4.69, 9.17) is 11.6 Å². The molecule has 1 amide bonds. The highest BCUT2D eigenvalue weighted by molar-refractivity contribution is 7.93. The number of hydrogen-bond acceptors (Lipinski definition) is 4. The summed E-state index contributed by atoms with van der Waals surface area (Å²) in [5, 5.41) is 7.88. The highest BCUT2D eigenvalue weighted by Gasteiger charge is 2.50. The number of fused-ring (bicyclic) bond motifs is 1. The summed E-state index contributed by atoms with van der Waals surface area (Å²) in [5.74, 6) is -0.546. The Morgan fingerprint density at radius 3 is 2.39 bits per heavy atom. The molecule has 12 heteroatoms. The topological polar surface area (TPSA) is 84.3 Å². The summed E-state index contributed by atoms with van der Waals surface area (Å²) in [6, 6.07) is 9.43. The van der Waals surface area contributed by atoms with Gasteiger partial charge in [-0.2, -0.15) is 26.7 Å². The first-order valence-electron chi connectivity index (χ1n) is 10.1. The van der Waals surface area contributed by atoms with Crippen LogP contribution in [0.5, 0.6) is 0 Å². The van der Waals surface area contributed by atoms with Crippen molar-refractivity contribution in [3.8, 4) is 5.69 Å². The summed E-state index contributed by atoms with van der Waals surface area (Å²) < 4.78 is 66.5. The zero-order valence-electron chi connectivity index (χ0n) is 17.6. The highest BCUT2D eigenvalue weighted by Crippen LogP contribution is 2.47. The summed E-state index contributed by atoms with van der Waals surface area (Å²) in [4.78, 5) is 12.8. The fourth-order valence-electron chi connectivity index (χ4n) is 3.78. The summed E-state index contributed by atoms with van der Waals surface area (Å²) in [7, 11) is -4.16. The van der Waals surface area contributed by atoms with Gasteiger partial charge in [0.15, 0.2) is 0 Å². The third-order valence-electron chi connectivity index (χ3n) is 5.49. The van der Waals surface area contributed by atoms with E-state index >= 15 is 0 Å². The monoisotopic (exact) mass is 500 g/mol. The second kappa shape index (κ2) is 8.21. The van der Waals surface area contributed by atoms with Crippen LogP contribution in [-0.2, 0) is 10.0 Å². The van der Waals surface area contributed by atoms with Crippen molar-refractivity contribution in [2.24, 2.45) is 0 Å². The van der Waals surface area contributed by atoms with Crippen LogP contribution in [0.3, 0.4) is 0 Å². The zero-order valence-corrected chi connectivity index (χ0v) is 19.2. The summed E-state index contributed by atoms with van der Waals surface area (Å²) in [5.41, 5.74) is -4.19. The molecule has 0 unspecified atom stereocenters. The Labute approximate surface area is 193 Å². The molecule has 1 aromatic heterocycles. The second-order valence-electron chi connectivity index (χ2n) is 7.63. The summed E-state index contributed by atoms with van der Waals surface area (Å²) in [6.07, 6.45) is 1.42. The van der Waals surface area contributed by atoms with Gasteiger partial charge < -0.3 is 5.32 Å². The van der Waals surface area contributed by atoms with Crippen molar-refractivity contribution in [3.63, 3.8) is 0 Å². The molecule has 3 aromatic rings. The number of benzene rings is 2. The van der Waals surface area contributed by atoms with Gasteiger partial charge in [-0.05, 0) is 67.6 Å². The standard InChI is InChI=1S/C21H20ClF3N4O3S/c1-3-28(33(31,32)21(23,24)25)18-11-17-16(10-15(18)12-4-5-12)19(20(30)26-2)29(27-17)14-8-6-13(22)7-9-14/h6-12H,3-5H2,1-2H3,(H,26,30). The zero-order chi connectivity index (χ0) is 24.1. The molecule has 1 heterocycles. The number of nitrogens with one attached hydrogen (secondary N) is 1. The number of nitrogens with zero attached hydrogens (tertiary/aromatic N) is 3. The number of anilines is 1. The first-order chi connectivity index (χ1) is 15.5. The van der Waals surface area contributed by atoms with Crippen LogP contribution in [0.15, 0.2) is 36.4 Å². The van der Waals surface area contributed by atoms with Crippen LogP contribution in [0.1, 0.15) is 41.7 Å². The molecule has 176 valence electrons. The van der Waals surface area contributed by atoms with Crippen LogP contribution in [0.2, 0.25) is 5.02 Å². The number of sulfonamides is 1. The Hall–Kier alpha value is -2.79. The number of hydrogen-bond donors (Lipinski definition) is 1. The molecule has 1 fully saturated rings. The lowest BCUT2D eigenvalue weighted by Crippen LogP contribution is -2.41. The van der Waals surface area contributed by atoms with E-state index in [-0.39, 0.29) is 22.8 Å². The van der Waals surface area contributed by atoms with E-state index < -0.39 is 28.0 Å². The molecule has 0 atom stereocenters. The van der Waals surface area contributed by atoms with Crippen molar-refractivity contribution in [1.29, 1.82) is 0 Å². The molecule has 4 rings (SSSR count). The number of carbonyl (C=O) groups excluding carboxylic acids is 1. The maximum atomic E-state index is 13.4. The maximum Gasteiger partial charge on any atom is 0.516 e. The maximum absolute atomic E-state index is 13.4. The van der Waals surface area contributed by atoms with Gasteiger partial charge in [-0.15, -0.1) is 0 Å². The molecule has 1 aliphatic carbocycles.